The van der Waals surface area contributed by atoms with E-state index in [0.29, 0.717) is 18.5 Å². The second-order valence-electron chi connectivity index (χ2n) is 5.11. The molecule has 3 nitrogen and oxygen atoms in total. The predicted octanol–water partition coefficient (Wildman–Crippen LogP) is 3.75. The second kappa shape index (κ2) is 7.16. The summed E-state index contributed by atoms with van der Waals surface area (Å²) in [5.74, 6) is 5.24. The van der Waals surface area contributed by atoms with Gasteiger partial charge in [0, 0.05) is 18.5 Å². The van der Waals surface area contributed by atoms with Crippen molar-refractivity contribution in [1.82, 2.24) is 5.32 Å². The minimum Gasteiger partial charge on any atom is -0.444 e. The molecule has 1 rings (SSSR count). The maximum Gasteiger partial charge on any atom is 0.407 e. The molecule has 0 saturated heterocycles. The van der Waals surface area contributed by atoms with E-state index in [1.54, 1.807) is 26.8 Å². The molecule has 0 aliphatic heterocycles. The summed E-state index contributed by atoms with van der Waals surface area (Å²) >= 11 is 5.64. The van der Waals surface area contributed by atoms with Crippen LogP contribution in [0, 0.1) is 17.7 Å². The molecule has 1 amide bonds. The van der Waals surface area contributed by atoms with Crippen LogP contribution in [0.4, 0.5) is 9.18 Å². The summed E-state index contributed by atoms with van der Waals surface area (Å²) in [7, 11) is 0. The van der Waals surface area contributed by atoms with Gasteiger partial charge in [-0.3, -0.25) is 0 Å². The number of rotatable bonds is 2. The van der Waals surface area contributed by atoms with Gasteiger partial charge in [-0.05, 0) is 39.0 Å². The van der Waals surface area contributed by atoms with Crippen molar-refractivity contribution in [2.24, 2.45) is 0 Å². The number of halogens is 2. The molecule has 0 saturated carbocycles. The fourth-order valence-corrected chi connectivity index (χ4v) is 1.46. The van der Waals surface area contributed by atoms with Crippen LogP contribution in [0.3, 0.4) is 0 Å². The van der Waals surface area contributed by atoms with Crippen molar-refractivity contribution in [3.8, 4) is 11.8 Å². The largest absolute Gasteiger partial charge is 0.444 e. The summed E-state index contributed by atoms with van der Waals surface area (Å²) in [5.41, 5.74) is 0.120. The standard InChI is InChI=1S/C15H17ClFNO2/c1-15(2,3)20-14(19)18-9-5-4-6-11-7-8-13(17)12(16)10-11/h7-8,10H,5,9H2,1-3H3,(H,18,19). The molecular formula is C15H17ClFNO2. The van der Waals surface area contributed by atoms with Gasteiger partial charge in [0.25, 0.3) is 0 Å². The molecule has 1 N–H and O–H groups in total. The Hall–Kier alpha value is -1.73. The molecule has 0 aliphatic rings. The zero-order valence-corrected chi connectivity index (χ0v) is 12.5. The van der Waals surface area contributed by atoms with Gasteiger partial charge < -0.3 is 10.1 Å². The molecule has 0 heterocycles. The Bertz CT molecular complexity index is 541. The van der Waals surface area contributed by atoms with Crippen molar-refractivity contribution >= 4 is 17.7 Å². The first kappa shape index (κ1) is 16.3. The summed E-state index contributed by atoms with van der Waals surface area (Å²) < 4.78 is 18.0. The number of ether oxygens (including phenoxy) is 1. The summed E-state index contributed by atoms with van der Waals surface area (Å²) in [4.78, 5) is 11.3. The Morgan fingerprint density at radius 3 is 2.75 bits per heavy atom. The van der Waals surface area contributed by atoms with Crippen LogP contribution in [0.5, 0.6) is 0 Å². The maximum absolute atomic E-state index is 12.9. The van der Waals surface area contributed by atoms with Crippen LogP contribution in [0.25, 0.3) is 0 Å². The van der Waals surface area contributed by atoms with E-state index in [-0.39, 0.29) is 5.02 Å². The molecule has 0 radical (unpaired) electrons. The van der Waals surface area contributed by atoms with Gasteiger partial charge >= 0.3 is 6.09 Å². The molecule has 0 spiro atoms. The highest BCUT2D eigenvalue weighted by molar-refractivity contribution is 6.30. The zero-order valence-electron chi connectivity index (χ0n) is 11.7. The van der Waals surface area contributed by atoms with Crippen molar-refractivity contribution < 1.29 is 13.9 Å². The van der Waals surface area contributed by atoms with Gasteiger partial charge in [0.2, 0.25) is 0 Å². The van der Waals surface area contributed by atoms with Crippen LogP contribution >= 0.6 is 11.6 Å². The Labute approximate surface area is 123 Å². The molecule has 108 valence electrons. The number of alkyl carbamates (subject to hydrolysis) is 1. The fourth-order valence-electron chi connectivity index (χ4n) is 1.28. The molecule has 0 aromatic heterocycles. The molecule has 0 unspecified atom stereocenters. The normalized spacial score (nSPS) is 10.4. The van der Waals surface area contributed by atoms with Crippen LogP contribution in [0.1, 0.15) is 32.8 Å². The van der Waals surface area contributed by atoms with E-state index in [2.05, 4.69) is 17.2 Å². The summed E-state index contributed by atoms with van der Waals surface area (Å²) in [6, 6.07) is 4.28. The minimum atomic E-state index is -0.513. The zero-order chi connectivity index (χ0) is 15.2. The molecular weight excluding hydrogens is 281 g/mol. The summed E-state index contributed by atoms with van der Waals surface area (Å²) in [6.07, 6.45) is -0.00189. The fraction of sp³-hybridized carbons (Fsp3) is 0.400. The third-order valence-electron chi connectivity index (χ3n) is 2.07. The Balaban J connectivity index is 2.36. The molecule has 1 aromatic carbocycles. The van der Waals surface area contributed by atoms with Gasteiger partial charge in [-0.15, -0.1) is 0 Å². The number of hydrogen-bond donors (Lipinski definition) is 1. The molecule has 0 aliphatic carbocycles. The van der Waals surface area contributed by atoms with E-state index < -0.39 is 17.5 Å². The lowest BCUT2D eigenvalue weighted by molar-refractivity contribution is 0.0529. The number of amides is 1. The molecule has 0 fully saturated rings. The lowest BCUT2D eigenvalue weighted by Gasteiger charge is -2.19. The molecule has 0 atom stereocenters. The molecule has 1 aromatic rings. The van der Waals surface area contributed by atoms with Crippen LogP contribution in [0.2, 0.25) is 5.02 Å². The van der Waals surface area contributed by atoms with E-state index in [0.717, 1.165) is 0 Å². The first-order chi connectivity index (χ1) is 9.28. The molecule has 20 heavy (non-hydrogen) atoms. The monoisotopic (exact) mass is 297 g/mol. The smallest absolute Gasteiger partial charge is 0.407 e. The van der Waals surface area contributed by atoms with Crippen molar-refractivity contribution in [2.75, 3.05) is 6.54 Å². The minimum absolute atomic E-state index is 0.0451. The van der Waals surface area contributed by atoms with Crippen LogP contribution in [-0.2, 0) is 4.74 Å². The highest BCUT2D eigenvalue weighted by Gasteiger charge is 2.15. The summed E-state index contributed by atoms with van der Waals surface area (Å²) in [6.45, 7) is 5.77. The summed E-state index contributed by atoms with van der Waals surface area (Å²) in [5, 5.41) is 2.64. The van der Waals surface area contributed by atoms with E-state index in [4.69, 9.17) is 16.3 Å². The van der Waals surface area contributed by atoms with Crippen LogP contribution in [-0.4, -0.2) is 18.2 Å². The maximum atomic E-state index is 12.9. The first-order valence-electron chi connectivity index (χ1n) is 6.19. The second-order valence-corrected chi connectivity index (χ2v) is 5.52. The highest BCUT2D eigenvalue weighted by Crippen LogP contribution is 2.15. The topological polar surface area (TPSA) is 38.3 Å². The van der Waals surface area contributed by atoms with Gasteiger partial charge in [-0.1, -0.05) is 23.4 Å². The third kappa shape index (κ3) is 6.44. The number of carbonyl (C=O) groups is 1. The van der Waals surface area contributed by atoms with E-state index in [1.807, 2.05) is 0 Å². The number of nitrogens with one attached hydrogen (secondary N) is 1. The Kier molecular flexibility index (Phi) is 5.84. The Morgan fingerprint density at radius 2 is 2.15 bits per heavy atom. The number of hydrogen-bond acceptors (Lipinski definition) is 2. The van der Waals surface area contributed by atoms with Gasteiger partial charge in [0.15, 0.2) is 0 Å². The third-order valence-corrected chi connectivity index (χ3v) is 2.36. The predicted molar refractivity (Wildman–Crippen MR) is 77.1 cm³/mol. The van der Waals surface area contributed by atoms with Crippen molar-refractivity contribution in [2.45, 2.75) is 32.8 Å². The van der Waals surface area contributed by atoms with Crippen molar-refractivity contribution in [3.63, 3.8) is 0 Å². The van der Waals surface area contributed by atoms with E-state index >= 15 is 0 Å². The van der Waals surface area contributed by atoms with Crippen LogP contribution in [0.15, 0.2) is 18.2 Å². The van der Waals surface area contributed by atoms with E-state index in [9.17, 15) is 9.18 Å². The molecule has 0 bridgehead atoms. The lowest BCUT2D eigenvalue weighted by atomic mass is 10.2. The quantitative estimate of drug-likeness (QED) is 0.667. The lowest BCUT2D eigenvalue weighted by Crippen LogP contribution is -2.32. The highest BCUT2D eigenvalue weighted by atomic mass is 35.5. The SMILES string of the molecule is CC(C)(C)OC(=O)NCCC#Cc1ccc(F)c(Cl)c1. The molecule has 5 heteroatoms. The number of benzene rings is 1. The van der Waals surface area contributed by atoms with E-state index in [1.165, 1.54) is 12.1 Å². The average molecular weight is 298 g/mol. The average Bonchev–Trinajstić information content (AvgIpc) is 2.31. The van der Waals surface area contributed by atoms with Gasteiger partial charge in [0.05, 0.1) is 5.02 Å². The van der Waals surface area contributed by atoms with Gasteiger partial charge in [-0.25, -0.2) is 9.18 Å². The first-order valence-corrected chi connectivity index (χ1v) is 6.56. The van der Waals surface area contributed by atoms with Crippen molar-refractivity contribution in [1.29, 1.82) is 0 Å². The van der Waals surface area contributed by atoms with Crippen molar-refractivity contribution in [3.05, 3.63) is 34.6 Å². The number of carbonyl (C=O) groups excluding carboxylic acids is 1. The van der Waals surface area contributed by atoms with Gasteiger partial charge in [-0.2, -0.15) is 0 Å². The Morgan fingerprint density at radius 1 is 1.45 bits per heavy atom. The van der Waals surface area contributed by atoms with Gasteiger partial charge in [0.1, 0.15) is 11.4 Å². The van der Waals surface area contributed by atoms with Crippen LogP contribution < -0.4 is 5.32 Å².